The second-order valence-corrected chi connectivity index (χ2v) is 5.32. The average molecular weight is 286 g/mol. The summed E-state index contributed by atoms with van der Waals surface area (Å²) in [4.78, 5) is 0. The molecule has 0 aromatic heterocycles. The van der Waals surface area contributed by atoms with Crippen molar-refractivity contribution < 1.29 is 9.84 Å². The third-order valence-electron chi connectivity index (χ3n) is 3.95. The van der Waals surface area contributed by atoms with E-state index >= 15 is 0 Å². The van der Waals surface area contributed by atoms with Crippen molar-refractivity contribution in [2.45, 2.75) is 37.7 Å². The number of rotatable bonds is 5. The van der Waals surface area contributed by atoms with E-state index in [1.165, 1.54) is 0 Å². The maximum atomic E-state index is 10.0. The van der Waals surface area contributed by atoms with E-state index in [2.05, 4.69) is 0 Å². The van der Waals surface area contributed by atoms with Gasteiger partial charge in [-0.25, -0.2) is 0 Å². The van der Waals surface area contributed by atoms with Gasteiger partial charge in [0.2, 0.25) is 0 Å². The van der Waals surface area contributed by atoms with Crippen LogP contribution in [0.2, 0.25) is 0 Å². The summed E-state index contributed by atoms with van der Waals surface area (Å²) in [5.74, 6) is 1.60. The lowest BCUT2D eigenvalue weighted by atomic mass is 9.78. The molecular formula is C15H24ClNO2. The summed E-state index contributed by atoms with van der Waals surface area (Å²) in [6, 6.07) is 9.92. The van der Waals surface area contributed by atoms with Gasteiger partial charge in [0, 0.05) is 6.54 Å². The van der Waals surface area contributed by atoms with Gasteiger partial charge in [0.15, 0.2) is 0 Å². The molecule has 0 amide bonds. The molecule has 0 radical (unpaired) electrons. The van der Waals surface area contributed by atoms with E-state index in [9.17, 15) is 5.11 Å². The summed E-state index contributed by atoms with van der Waals surface area (Å²) in [6.07, 6.45) is 4.85. The van der Waals surface area contributed by atoms with Crippen LogP contribution >= 0.6 is 12.4 Å². The quantitative estimate of drug-likeness (QED) is 0.875. The summed E-state index contributed by atoms with van der Waals surface area (Å²) in [7, 11) is 0. The van der Waals surface area contributed by atoms with Gasteiger partial charge in [-0.1, -0.05) is 18.2 Å². The highest BCUT2D eigenvalue weighted by molar-refractivity contribution is 5.85. The predicted molar refractivity (Wildman–Crippen MR) is 79.8 cm³/mol. The molecule has 1 aromatic carbocycles. The van der Waals surface area contributed by atoms with Crippen molar-refractivity contribution >= 4 is 12.4 Å². The topological polar surface area (TPSA) is 55.5 Å². The van der Waals surface area contributed by atoms with Crippen molar-refractivity contribution in [1.82, 2.24) is 0 Å². The van der Waals surface area contributed by atoms with Gasteiger partial charge in [0.25, 0.3) is 0 Å². The molecule has 1 fully saturated rings. The fraction of sp³-hybridized carbons (Fsp3) is 0.600. The lowest BCUT2D eigenvalue weighted by Gasteiger charge is -2.35. The molecule has 0 spiro atoms. The van der Waals surface area contributed by atoms with Crippen LogP contribution in [-0.2, 0) is 0 Å². The maximum absolute atomic E-state index is 10.0. The molecule has 3 nitrogen and oxygen atoms in total. The molecule has 0 unspecified atom stereocenters. The number of nitrogens with two attached hydrogens (primary N) is 1. The molecule has 1 saturated carbocycles. The fourth-order valence-electron chi connectivity index (χ4n) is 2.57. The molecule has 1 aromatic rings. The van der Waals surface area contributed by atoms with E-state index in [4.69, 9.17) is 10.5 Å². The first-order chi connectivity index (χ1) is 8.72. The molecule has 0 heterocycles. The highest BCUT2D eigenvalue weighted by Gasteiger charge is 2.31. The third kappa shape index (κ3) is 5.01. The molecule has 19 heavy (non-hydrogen) atoms. The fourth-order valence-corrected chi connectivity index (χ4v) is 2.57. The molecule has 0 atom stereocenters. The number of hydrogen-bond acceptors (Lipinski definition) is 3. The molecule has 1 aliphatic carbocycles. The monoisotopic (exact) mass is 285 g/mol. The van der Waals surface area contributed by atoms with Gasteiger partial charge in [0.1, 0.15) is 5.75 Å². The van der Waals surface area contributed by atoms with Crippen molar-refractivity contribution in [3.63, 3.8) is 0 Å². The van der Waals surface area contributed by atoms with E-state index < -0.39 is 5.60 Å². The summed E-state index contributed by atoms with van der Waals surface area (Å²) in [6.45, 7) is 1.15. The first-order valence-electron chi connectivity index (χ1n) is 6.82. The minimum Gasteiger partial charge on any atom is -0.494 e. The average Bonchev–Trinajstić information content (AvgIpc) is 2.42. The van der Waals surface area contributed by atoms with E-state index in [1.807, 2.05) is 30.3 Å². The second-order valence-electron chi connectivity index (χ2n) is 5.32. The minimum atomic E-state index is -0.600. The van der Waals surface area contributed by atoms with Crippen LogP contribution in [0.25, 0.3) is 0 Å². The zero-order chi connectivity index (χ0) is 12.8. The molecular weight excluding hydrogens is 262 g/mol. The van der Waals surface area contributed by atoms with Crippen molar-refractivity contribution in [2.75, 3.05) is 13.2 Å². The zero-order valence-electron chi connectivity index (χ0n) is 11.3. The number of ether oxygens (including phenoxy) is 1. The van der Waals surface area contributed by atoms with Gasteiger partial charge >= 0.3 is 0 Å². The summed E-state index contributed by atoms with van der Waals surface area (Å²) in [5, 5.41) is 10.0. The highest BCUT2D eigenvalue weighted by Crippen LogP contribution is 2.33. The van der Waals surface area contributed by atoms with Gasteiger partial charge in [0.05, 0.1) is 12.2 Å². The Hall–Kier alpha value is -0.770. The van der Waals surface area contributed by atoms with E-state index in [-0.39, 0.29) is 12.4 Å². The Morgan fingerprint density at radius 2 is 1.84 bits per heavy atom. The lowest BCUT2D eigenvalue weighted by Crippen LogP contribution is -2.41. The number of hydrogen-bond donors (Lipinski definition) is 2. The minimum absolute atomic E-state index is 0. The van der Waals surface area contributed by atoms with Crippen LogP contribution in [0.5, 0.6) is 5.75 Å². The summed E-state index contributed by atoms with van der Waals surface area (Å²) < 4.78 is 5.70. The molecule has 108 valence electrons. The molecule has 0 bridgehead atoms. The Morgan fingerprint density at radius 3 is 2.42 bits per heavy atom. The molecule has 0 aliphatic heterocycles. The summed E-state index contributed by atoms with van der Waals surface area (Å²) >= 11 is 0. The Balaban J connectivity index is 0.00000180. The Labute approximate surface area is 121 Å². The summed E-state index contributed by atoms with van der Waals surface area (Å²) in [5.41, 5.74) is 4.98. The van der Waals surface area contributed by atoms with Gasteiger partial charge in [-0.2, -0.15) is 0 Å². The van der Waals surface area contributed by atoms with Crippen molar-refractivity contribution in [3.8, 4) is 5.75 Å². The molecule has 4 heteroatoms. The van der Waals surface area contributed by atoms with E-state index in [1.54, 1.807) is 0 Å². The van der Waals surface area contributed by atoms with E-state index in [0.29, 0.717) is 12.5 Å². The maximum Gasteiger partial charge on any atom is 0.119 e. The predicted octanol–water partition coefficient (Wildman–Crippen LogP) is 2.76. The van der Waals surface area contributed by atoms with Crippen molar-refractivity contribution in [1.29, 1.82) is 0 Å². The Kier molecular flexibility index (Phi) is 6.63. The Morgan fingerprint density at radius 1 is 1.21 bits per heavy atom. The van der Waals surface area contributed by atoms with Crippen LogP contribution in [-0.4, -0.2) is 23.9 Å². The van der Waals surface area contributed by atoms with Gasteiger partial charge in [-0.05, 0) is 50.2 Å². The van der Waals surface area contributed by atoms with Crippen LogP contribution in [0.4, 0.5) is 0 Å². The van der Waals surface area contributed by atoms with Crippen LogP contribution in [0.1, 0.15) is 32.1 Å². The molecule has 2 rings (SSSR count). The third-order valence-corrected chi connectivity index (χ3v) is 3.95. The van der Waals surface area contributed by atoms with E-state index in [0.717, 1.165) is 44.5 Å². The number of halogens is 1. The highest BCUT2D eigenvalue weighted by atomic mass is 35.5. The SMILES string of the molecule is Cl.NCC1(O)CCC(CCOc2ccccc2)CC1. The smallest absolute Gasteiger partial charge is 0.119 e. The van der Waals surface area contributed by atoms with Crippen LogP contribution in [0.3, 0.4) is 0 Å². The largest absolute Gasteiger partial charge is 0.494 e. The molecule has 3 N–H and O–H groups in total. The zero-order valence-corrected chi connectivity index (χ0v) is 12.1. The van der Waals surface area contributed by atoms with Crippen LogP contribution in [0.15, 0.2) is 30.3 Å². The van der Waals surface area contributed by atoms with Gasteiger partial charge in [-0.3, -0.25) is 0 Å². The van der Waals surface area contributed by atoms with Crippen molar-refractivity contribution in [3.05, 3.63) is 30.3 Å². The first kappa shape index (κ1) is 16.3. The molecule has 1 aliphatic rings. The number of para-hydroxylation sites is 1. The molecule has 0 saturated heterocycles. The lowest BCUT2D eigenvalue weighted by molar-refractivity contribution is -0.00349. The second kappa shape index (κ2) is 7.73. The van der Waals surface area contributed by atoms with Crippen LogP contribution in [0, 0.1) is 5.92 Å². The number of benzene rings is 1. The van der Waals surface area contributed by atoms with Crippen LogP contribution < -0.4 is 10.5 Å². The van der Waals surface area contributed by atoms with Gasteiger partial charge < -0.3 is 15.6 Å². The Bertz CT molecular complexity index is 350. The van der Waals surface area contributed by atoms with Crippen molar-refractivity contribution in [2.24, 2.45) is 11.7 Å². The normalized spacial score (nSPS) is 26.5. The standard InChI is InChI=1S/C15H23NO2.ClH/c16-12-15(17)9-6-13(7-10-15)8-11-18-14-4-2-1-3-5-14;/h1-5,13,17H,6-12,16H2;1H. The number of aliphatic hydroxyl groups is 1. The first-order valence-corrected chi connectivity index (χ1v) is 6.82. The van der Waals surface area contributed by atoms with Gasteiger partial charge in [-0.15, -0.1) is 12.4 Å².